The highest BCUT2D eigenvalue weighted by molar-refractivity contribution is 6.01. The predicted molar refractivity (Wildman–Crippen MR) is 137 cm³/mol. The Morgan fingerprint density at radius 1 is 1.03 bits per heavy atom. The van der Waals surface area contributed by atoms with Gasteiger partial charge in [-0.05, 0) is 66.9 Å². The van der Waals surface area contributed by atoms with Gasteiger partial charge in [-0.3, -0.25) is 14.2 Å². The van der Waals surface area contributed by atoms with Crippen LogP contribution in [0.15, 0.2) is 76.7 Å². The van der Waals surface area contributed by atoms with E-state index in [9.17, 15) is 18.4 Å². The molecular formula is C28H24F2N4O4. The number of fused-ring (bicyclic) bond motifs is 1. The fourth-order valence-corrected chi connectivity index (χ4v) is 4.38. The molecule has 2 heterocycles. The fraction of sp³-hybridized carbons (Fsp3) is 0.214. The topological polar surface area (TPSA) is 106 Å². The Balaban J connectivity index is 1.50. The SMILES string of the molecule is O=C(O)CCCCc1nc2cc(C3=NOC[C@@H](c4ccc(F)cc4)N3)ccc2c(=O)n1-c1ccc(F)cc1. The number of carboxylic acids is 1. The molecule has 0 fully saturated rings. The molecule has 10 heteroatoms. The second-order valence-corrected chi connectivity index (χ2v) is 8.96. The molecule has 0 saturated heterocycles. The molecule has 0 bridgehead atoms. The number of benzene rings is 3. The quantitative estimate of drug-likeness (QED) is 0.333. The number of carbonyl (C=O) groups is 1. The standard InChI is InChI=1S/C28H24F2N4O4/c29-19-8-5-17(6-9-19)24-16-38-33-27(32-24)18-7-14-22-23(15-18)31-25(3-1-2-4-26(35)36)34(28(22)37)21-12-10-20(30)11-13-21/h5-15,24H,1-4,16H2,(H,32,33)(H,35,36)/t24-/m0/s1. The largest absolute Gasteiger partial charge is 0.481 e. The van der Waals surface area contributed by atoms with Gasteiger partial charge < -0.3 is 15.3 Å². The van der Waals surface area contributed by atoms with E-state index in [4.69, 9.17) is 14.9 Å². The second-order valence-electron chi connectivity index (χ2n) is 8.96. The highest BCUT2D eigenvalue weighted by Gasteiger charge is 2.21. The summed E-state index contributed by atoms with van der Waals surface area (Å²) in [6.45, 7) is 0.268. The van der Waals surface area contributed by atoms with Crippen molar-refractivity contribution in [3.63, 3.8) is 0 Å². The van der Waals surface area contributed by atoms with Crippen molar-refractivity contribution in [3.05, 3.63) is 106 Å². The van der Waals surface area contributed by atoms with Crippen LogP contribution in [0.2, 0.25) is 0 Å². The van der Waals surface area contributed by atoms with Crippen molar-refractivity contribution in [2.75, 3.05) is 6.61 Å². The molecule has 38 heavy (non-hydrogen) atoms. The van der Waals surface area contributed by atoms with Gasteiger partial charge in [-0.15, -0.1) is 0 Å². The first kappa shape index (κ1) is 25.1. The highest BCUT2D eigenvalue weighted by atomic mass is 19.1. The fourth-order valence-electron chi connectivity index (χ4n) is 4.38. The Kier molecular flexibility index (Phi) is 7.12. The first-order valence-electron chi connectivity index (χ1n) is 12.1. The van der Waals surface area contributed by atoms with E-state index in [-0.39, 0.29) is 30.4 Å². The van der Waals surface area contributed by atoms with Crippen LogP contribution in [-0.2, 0) is 16.1 Å². The van der Waals surface area contributed by atoms with E-state index in [0.717, 1.165) is 5.56 Å². The van der Waals surface area contributed by atoms with Gasteiger partial charge in [-0.2, -0.15) is 0 Å². The molecular weight excluding hydrogens is 494 g/mol. The van der Waals surface area contributed by atoms with E-state index in [2.05, 4.69) is 10.5 Å². The lowest BCUT2D eigenvalue weighted by molar-refractivity contribution is -0.137. The number of hydrogen-bond acceptors (Lipinski definition) is 6. The Morgan fingerprint density at radius 2 is 1.74 bits per heavy atom. The summed E-state index contributed by atoms with van der Waals surface area (Å²) in [6, 6.07) is 16.5. The Labute approximate surface area is 216 Å². The van der Waals surface area contributed by atoms with Crippen molar-refractivity contribution in [3.8, 4) is 5.69 Å². The molecule has 5 rings (SSSR count). The van der Waals surface area contributed by atoms with Crippen molar-refractivity contribution in [2.24, 2.45) is 5.16 Å². The number of halogens is 2. The summed E-state index contributed by atoms with van der Waals surface area (Å²) in [5.74, 6) is -0.760. The molecule has 194 valence electrons. The molecule has 0 aliphatic carbocycles. The zero-order valence-corrected chi connectivity index (χ0v) is 20.2. The van der Waals surface area contributed by atoms with Crippen molar-refractivity contribution in [1.29, 1.82) is 0 Å². The number of nitrogens with one attached hydrogen (secondary N) is 1. The summed E-state index contributed by atoms with van der Waals surface area (Å²) in [5.41, 5.74) is 2.07. The van der Waals surface area contributed by atoms with Gasteiger partial charge in [0.2, 0.25) is 0 Å². The molecule has 0 radical (unpaired) electrons. The number of carboxylic acid groups (broad SMARTS) is 1. The third kappa shape index (κ3) is 5.39. The number of unbranched alkanes of at least 4 members (excludes halogenated alkanes) is 1. The van der Waals surface area contributed by atoms with Gasteiger partial charge in [-0.1, -0.05) is 23.4 Å². The van der Waals surface area contributed by atoms with Gasteiger partial charge in [0.05, 0.1) is 22.6 Å². The summed E-state index contributed by atoms with van der Waals surface area (Å²) in [5, 5.41) is 16.7. The smallest absolute Gasteiger partial charge is 0.303 e. The summed E-state index contributed by atoms with van der Waals surface area (Å²) in [4.78, 5) is 34.7. The van der Waals surface area contributed by atoms with Gasteiger partial charge in [0.25, 0.3) is 5.56 Å². The number of aliphatic carboxylic acids is 1. The predicted octanol–water partition coefficient (Wildman–Crippen LogP) is 4.48. The maximum Gasteiger partial charge on any atom is 0.303 e. The third-order valence-electron chi connectivity index (χ3n) is 6.32. The molecule has 8 nitrogen and oxygen atoms in total. The monoisotopic (exact) mass is 518 g/mol. The third-order valence-corrected chi connectivity index (χ3v) is 6.32. The van der Waals surface area contributed by atoms with E-state index in [1.165, 1.54) is 41.0 Å². The first-order chi connectivity index (χ1) is 18.4. The van der Waals surface area contributed by atoms with Crippen molar-refractivity contribution >= 4 is 22.7 Å². The number of oxime groups is 1. The Morgan fingerprint density at radius 3 is 2.45 bits per heavy atom. The summed E-state index contributed by atoms with van der Waals surface area (Å²) >= 11 is 0. The molecule has 0 saturated carbocycles. The molecule has 1 atom stereocenters. The van der Waals surface area contributed by atoms with Crippen LogP contribution in [0.1, 0.15) is 42.3 Å². The van der Waals surface area contributed by atoms with E-state index in [1.54, 1.807) is 30.3 Å². The second kappa shape index (κ2) is 10.8. The zero-order chi connectivity index (χ0) is 26.6. The number of aryl methyl sites for hydroxylation is 1. The van der Waals surface area contributed by atoms with E-state index < -0.39 is 11.8 Å². The Hall–Kier alpha value is -4.60. The molecule has 1 aliphatic rings. The maximum absolute atomic E-state index is 13.6. The number of nitrogens with zero attached hydrogens (tertiary/aromatic N) is 3. The Bertz CT molecular complexity index is 1570. The van der Waals surface area contributed by atoms with Crippen LogP contribution >= 0.6 is 0 Å². The van der Waals surface area contributed by atoms with Crippen LogP contribution in [0, 0.1) is 11.6 Å². The maximum atomic E-state index is 13.6. The van der Waals surface area contributed by atoms with Gasteiger partial charge >= 0.3 is 5.97 Å². The molecule has 1 aliphatic heterocycles. The normalized spacial score (nSPS) is 15.0. The molecule has 3 aromatic carbocycles. The molecule has 0 spiro atoms. The highest BCUT2D eigenvalue weighted by Crippen LogP contribution is 2.21. The van der Waals surface area contributed by atoms with Crippen molar-refractivity contribution in [1.82, 2.24) is 14.9 Å². The van der Waals surface area contributed by atoms with Crippen LogP contribution in [0.3, 0.4) is 0 Å². The lowest BCUT2D eigenvalue weighted by atomic mass is 10.1. The number of aromatic nitrogens is 2. The van der Waals surface area contributed by atoms with E-state index in [1.807, 2.05) is 0 Å². The molecule has 4 aromatic rings. The van der Waals surface area contributed by atoms with Gasteiger partial charge in [0.1, 0.15) is 24.1 Å². The van der Waals surface area contributed by atoms with Crippen LogP contribution in [0.25, 0.3) is 16.6 Å². The van der Waals surface area contributed by atoms with Gasteiger partial charge in [-0.25, -0.2) is 13.8 Å². The van der Waals surface area contributed by atoms with Crippen LogP contribution in [0.5, 0.6) is 0 Å². The minimum absolute atomic E-state index is 0.0131. The zero-order valence-electron chi connectivity index (χ0n) is 20.2. The van der Waals surface area contributed by atoms with Crippen LogP contribution < -0.4 is 10.9 Å². The average Bonchev–Trinajstić information content (AvgIpc) is 2.92. The van der Waals surface area contributed by atoms with Gasteiger partial charge in [0, 0.05) is 18.4 Å². The average molecular weight is 519 g/mol. The van der Waals surface area contributed by atoms with E-state index >= 15 is 0 Å². The summed E-state index contributed by atoms with van der Waals surface area (Å²) < 4.78 is 28.3. The van der Waals surface area contributed by atoms with E-state index in [0.29, 0.717) is 53.1 Å². The minimum atomic E-state index is -0.890. The first-order valence-corrected chi connectivity index (χ1v) is 12.1. The van der Waals surface area contributed by atoms with Crippen LogP contribution in [0.4, 0.5) is 8.78 Å². The van der Waals surface area contributed by atoms with Crippen molar-refractivity contribution in [2.45, 2.75) is 31.7 Å². The molecule has 0 amide bonds. The number of hydrogen-bond donors (Lipinski definition) is 2. The van der Waals surface area contributed by atoms with Gasteiger partial charge in [0.15, 0.2) is 5.84 Å². The molecule has 0 unspecified atom stereocenters. The molecule has 1 aromatic heterocycles. The number of amidine groups is 1. The van der Waals surface area contributed by atoms with Crippen molar-refractivity contribution < 1.29 is 23.5 Å². The van der Waals surface area contributed by atoms with Crippen LogP contribution in [-0.4, -0.2) is 33.1 Å². The minimum Gasteiger partial charge on any atom is -0.481 e. The lowest BCUT2D eigenvalue weighted by Crippen LogP contribution is -2.36. The molecule has 2 N–H and O–H groups in total. The summed E-state index contributed by atoms with van der Waals surface area (Å²) in [6.07, 6.45) is 1.30. The lowest BCUT2D eigenvalue weighted by Gasteiger charge is -2.24. The number of rotatable bonds is 8. The summed E-state index contributed by atoms with van der Waals surface area (Å²) in [7, 11) is 0.